The molecule has 0 radical (unpaired) electrons. The van der Waals surface area contributed by atoms with Crippen LogP contribution in [0.5, 0.6) is 11.6 Å². The molecule has 1 aromatic heterocycles. The van der Waals surface area contributed by atoms with Gasteiger partial charge in [-0.3, -0.25) is 4.79 Å². The van der Waals surface area contributed by atoms with Gasteiger partial charge in [0.15, 0.2) is 0 Å². The van der Waals surface area contributed by atoms with E-state index in [0.717, 1.165) is 24.1 Å². The van der Waals surface area contributed by atoms with Crippen LogP contribution >= 0.6 is 0 Å². The molecule has 0 saturated carbocycles. The van der Waals surface area contributed by atoms with Gasteiger partial charge in [0.2, 0.25) is 5.88 Å². The molecular weight excluding hydrogens is 324 g/mol. The second-order valence-electron chi connectivity index (χ2n) is 6.46. The van der Waals surface area contributed by atoms with E-state index in [4.69, 9.17) is 4.74 Å². The minimum atomic E-state index is -0.0760. The molecule has 0 spiro atoms. The van der Waals surface area contributed by atoms with Crippen molar-refractivity contribution >= 4 is 11.6 Å². The summed E-state index contributed by atoms with van der Waals surface area (Å²) in [4.78, 5) is 19.4. The number of anilines is 1. The molecule has 0 atom stereocenters. The zero-order valence-electron chi connectivity index (χ0n) is 14.7. The highest BCUT2D eigenvalue weighted by molar-refractivity contribution is 6.08. The van der Waals surface area contributed by atoms with Crippen LogP contribution in [0, 0.1) is 6.92 Å². The Morgan fingerprint density at radius 1 is 1.08 bits per heavy atom. The summed E-state index contributed by atoms with van der Waals surface area (Å²) in [5.41, 5.74) is 3.76. The molecule has 4 heteroatoms. The van der Waals surface area contributed by atoms with Gasteiger partial charge in [-0.1, -0.05) is 30.3 Å². The number of pyridine rings is 1. The number of hydrogen-bond acceptors (Lipinski definition) is 3. The molecule has 0 fully saturated rings. The van der Waals surface area contributed by atoms with E-state index in [0.29, 0.717) is 23.7 Å². The van der Waals surface area contributed by atoms with Crippen molar-refractivity contribution in [2.24, 2.45) is 0 Å². The van der Waals surface area contributed by atoms with Gasteiger partial charge in [-0.2, -0.15) is 0 Å². The molecule has 0 aliphatic carbocycles. The van der Waals surface area contributed by atoms with Gasteiger partial charge >= 0.3 is 0 Å². The lowest BCUT2D eigenvalue weighted by Crippen LogP contribution is -2.35. The Morgan fingerprint density at radius 3 is 2.85 bits per heavy atom. The molecule has 1 amide bonds. The van der Waals surface area contributed by atoms with E-state index in [1.54, 1.807) is 18.3 Å². The highest BCUT2D eigenvalue weighted by Crippen LogP contribution is 2.31. The van der Waals surface area contributed by atoms with Crippen molar-refractivity contribution < 1.29 is 9.53 Å². The molecule has 4 rings (SSSR count). The summed E-state index contributed by atoms with van der Waals surface area (Å²) >= 11 is 0. The van der Waals surface area contributed by atoms with Crippen molar-refractivity contribution in [1.82, 2.24) is 4.98 Å². The first-order chi connectivity index (χ1) is 12.7. The molecule has 0 N–H and O–H groups in total. The number of hydrogen-bond donors (Lipinski definition) is 0. The van der Waals surface area contributed by atoms with E-state index in [1.807, 2.05) is 54.3 Å². The minimum absolute atomic E-state index is 0.0760. The van der Waals surface area contributed by atoms with Crippen molar-refractivity contribution in [3.05, 3.63) is 83.6 Å². The van der Waals surface area contributed by atoms with Gasteiger partial charge in [-0.05, 0) is 61.2 Å². The zero-order chi connectivity index (χ0) is 17.9. The van der Waals surface area contributed by atoms with Crippen LogP contribution in [0.2, 0.25) is 0 Å². The van der Waals surface area contributed by atoms with Gasteiger partial charge in [0.25, 0.3) is 5.91 Å². The molecule has 26 heavy (non-hydrogen) atoms. The smallest absolute Gasteiger partial charge is 0.263 e. The summed E-state index contributed by atoms with van der Waals surface area (Å²) in [5, 5.41) is 0. The van der Waals surface area contributed by atoms with E-state index in [9.17, 15) is 4.79 Å². The third-order valence-corrected chi connectivity index (χ3v) is 4.56. The molecule has 0 bridgehead atoms. The summed E-state index contributed by atoms with van der Waals surface area (Å²) in [7, 11) is 0. The number of carbonyl (C=O) groups is 1. The summed E-state index contributed by atoms with van der Waals surface area (Å²) in [5.74, 6) is 0.941. The first-order valence-electron chi connectivity index (χ1n) is 8.82. The summed E-state index contributed by atoms with van der Waals surface area (Å²) < 4.78 is 5.93. The Balaban J connectivity index is 1.68. The fourth-order valence-electron chi connectivity index (χ4n) is 3.32. The normalized spacial score (nSPS) is 13.2. The van der Waals surface area contributed by atoms with Crippen LogP contribution in [0.1, 0.15) is 27.9 Å². The predicted molar refractivity (Wildman–Crippen MR) is 102 cm³/mol. The standard InChI is InChI=1S/C22H20N2O2/c1-16-7-4-10-18(15-16)26-21-19(11-5-13-23-21)22(25)24-14-6-9-17-8-2-3-12-20(17)24/h2-5,7-8,10-13,15H,6,9,14H2,1H3. The van der Waals surface area contributed by atoms with Gasteiger partial charge in [0.05, 0.1) is 0 Å². The largest absolute Gasteiger partial charge is 0.438 e. The second kappa shape index (κ2) is 7.00. The Morgan fingerprint density at radius 2 is 1.96 bits per heavy atom. The topological polar surface area (TPSA) is 42.4 Å². The van der Waals surface area contributed by atoms with E-state index in [1.165, 1.54) is 5.56 Å². The monoisotopic (exact) mass is 344 g/mol. The van der Waals surface area contributed by atoms with Crippen molar-refractivity contribution in [2.45, 2.75) is 19.8 Å². The van der Waals surface area contributed by atoms with Crippen molar-refractivity contribution in [1.29, 1.82) is 0 Å². The number of benzene rings is 2. The quantitative estimate of drug-likeness (QED) is 0.687. The lowest BCUT2D eigenvalue weighted by Gasteiger charge is -2.29. The summed E-state index contributed by atoms with van der Waals surface area (Å²) in [6, 6.07) is 19.3. The van der Waals surface area contributed by atoms with E-state index in [-0.39, 0.29) is 5.91 Å². The van der Waals surface area contributed by atoms with Crippen LogP contribution in [-0.2, 0) is 6.42 Å². The number of nitrogens with zero attached hydrogens (tertiary/aromatic N) is 2. The molecule has 1 aliphatic rings. The molecular formula is C22H20N2O2. The van der Waals surface area contributed by atoms with Gasteiger partial charge in [0, 0.05) is 18.4 Å². The van der Waals surface area contributed by atoms with Crippen LogP contribution in [0.3, 0.4) is 0 Å². The molecule has 2 aromatic carbocycles. The minimum Gasteiger partial charge on any atom is -0.438 e. The number of aromatic nitrogens is 1. The number of carbonyl (C=O) groups excluding carboxylic acids is 1. The van der Waals surface area contributed by atoms with Crippen molar-refractivity contribution in [3.63, 3.8) is 0 Å². The van der Waals surface area contributed by atoms with E-state index in [2.05, 4.69) is 11.1 Å². The lowest BCUT2D eigenvalue weighted by atomic mass is 10.0. The number of fused-ring (bicyclic) bond motifs is 1. The maximum atomic E-state index is 13.2. The molecule has 2 heterocycles. The molecule has 0 saturated heterocycles. The van der Waals surface area contributed by atoms with Crippen molar-refractivity contribution in [3.8, 4) is 11.6 Å². The van der Waals surface area contributed by atoms with Gasteiger partial charge in [-0.25, -0.2) is 4.98 Å². The Bertz CT molecular complexity index is 952. The maximum Gasteiger partial charge on any atom is 0.263 e. The van der Waals surface area contributed by atoms with Gasteiger partial charge in [-0.15, -0.1) is 0 Å². The maximum absolute atomic E-state index is 13.2. The molecule has 0 unspecified atom stereocenters. The fourth-order valence-corrected chi connectivity index (χ4v) is 3.32. The number of aryl methyl sites for hydroxylation is 2. The first kappa shape index (κ1) is 16.3. The summed E-state index contributed by atoms with van der Waals surface area (Å²) in [6.45, 7) is 2.70. The first-order valence-corrected chi connectivity index (χ1v) is 8.82. The third kappa shape index (κ3) is 3.18. The molecule has 130 valence electrons. The van der Waals surface area contributed by atoms with E-state index >= 15 is 0 Å². The van der Waals surface area contributed by atoms with Crippen molar-refractivity contribution in [2.75, 3.05) is 11.4 Å². The number of para-hydroxylation sites is 1. The van der Waals surface area contributed by atoms with Crippen LogP contribution in [0.15, 0.2) is 66.9 Å². The molecule has 1 aliphatic heterocycles. The van der Waals surface area contributed by atoms with Crippen LogP contribution < -0.4 is 9.64 Å². The SMILES string of the molecule is Cc1cccc(Oc2ncccc2C(=O)N2CCCc3ccccc32)c1. The van der Waals surface area contributed by atoms with Crippen LogP contribution in [0.4, 0.5) is 5.69 Å². The van der Waals surface area contributed by atoms with Gasteiger partial charge < -0.3 is 9.64 Å². The molecule has 3 aromatic rings. The predicted octanol–water partition coefficient (Wildman–Crippen LogP) is 4.78. The number of ether oxygens (including phenoxy) is 1. The highest BCUT2D eigenvalue weighted by Gasteiger charge is 2.26. The average Bonchev–Trinajstić information content (AvgIpc) is 2.67. The fraction of sp³-hybridized carbons (Fsp3) is 0.182. The van der Waals surface area contributed by atoms with Crippen LogP contribution in [0.25, 0.3) is 0 Å². The van der Waals surface area contributed by atoms with Gasteiger partial charge in [0.1, 0.15) is 11.3 Å². The Labute approximate surface area is 153 Å². The Kier molecular flexibility index (Phi) is 4.40. The third-order valence-electron chi connectivity index (χ3n) is 4.56. The number of rotatable bonds is 3. The Hall–Kier alpha value is -3.14. The molecule has 4 nitrogen and oxygen atoms in total. The van der Waals surface area contributed by atoms with E-state index < -0.39 is 0 Å². The summed E-state index contributed by atoms with van der Waals surface area (Å²) in [6.07, 6.45) is 3.60. The zero-order valence-corrected chi connectivity index (χ0v) is 14.7. The number of amides is 1. The average molecular weight is 344 g/mol. The lowest BCUT2D eigenvalue weighted by molar-refractivity contribution is 0.0982. The highest BCUT2D eigenvalue weighted by atomic mass is 16.5. The van der Waals surface area contributed by atoms with Crippen LogP contribution in [-0.4, -0.2) is 17.4 Å². The second-order valence-corrected chi connectivity index (χ2v) is 6.46.